The molecule has 222 valence electrons. The zero-order valence-electron chi connectivity index (χ0n) is 25.8. The van der Waals surface area contributed by atoms with Gasteiger partial charge in [0.2, 0.25) is 0 Å². The molecule has 0 heterocycles. The lowest BCUT2D eigenvalue weighted by Gasteiger charge is -2.69. The van der Waals surface area contributed by atoms with Crippen molar-refractivity contribution in [1.29, 1.82) is 5.26 Å². The summed E-state index contributed by atoms with van der Waals surface area (Å²) in [4.78, 5) is 39.1. The molecule has 9 heteroatoms. The average molecular weight is 564 g/mol. The molecule has 41 heavy (non-hydrogen) atoms. The van der Waals surface area contributed by atoms with Gasteiger partial charge in [0.25, 0.3) is 5.96 Å². The van der Waals surface area contributed by atoms with Crippen molar-refractivity contribution in [2.45, 2.75) is 99.0 Å². The summed E-state index contributed by atoms with van der Waals surface area (Å²) in [6.07, 6.45) is 9.62. The van der Waals surface area contributed by atoms with Crippen LogP contribution in [0.5, 0.6) is 0 Å². The van der Waals surface area contributed by atoms with Crippen molar-refractivity contribution in [3.05, 3.63) is 33.4 Å². The quantitative estimate of drug-likeness (QED) is 0.201. The zero-order chi connectivity index (χ0) is 30.4. The molecule has 3 saturated carbocycles. The van der Waals surface area contributed by atoms with Crippen molar-refractivity contribution in [1.82, 2.24) is 10.6 Å². The first-order chi connectivity index (χ1) is 18.9. The van der Waals surface area contributed by atoms with E-state index in [-0.39, 0.29) is 57.1 Å². The van der Waals surface area contributed by atoms with Gasteiger partial charge in [-0.2, -0.15) is 5.26 Å². The number of hydrogen-bond donors (Lipinski definition) is 2. The van der Waals surface area contributed by atoms with Gasteiger partial charge >= 0.3 is 0 Å². The summed E-state index contributed by atoms with van der Waals surface area (Å²) < 4.78 is 0. The van der Waals surface area contributed by atoms with E-state index >= 15 is 0 Å². The third-order valence-electron chi connectivity index (χ3n) is 12.6. The summed E-state index contributed by atoms with van der Waals surface area (Å²) in [5.74, 6) is -0.158. The standard InChI is InChI=1S/C32H45N5O4/c1-27(2)11-13-32(35-26(34-8)36-37(40)41)14-12-31(7)24(20(32)17-27)21(38)15-23-29(5)16-19(18-33)25(39)28(3,4)22(29)9-10-30(23,31)6/h15-16,20,22,24H,9-14,17H2,1-8H3,(H2,34,35,36)/t20-,22-,24-,29-,30+,31+,32-/m0/s1. The molecular weight excluding hydrogens is 518 g/mol. The van der Waals surface area contributed by atoms with E-state index in [9.17, 15) is 25.0 Å². The number of nitrogens with one attached hydrogen (secondary N) is 2. The van der Waals surface area contributed by atoms with E-state index in [1.807, 2.05) is 26.0 Å². The fraction of sp³-hybridized carbons (Fsp3) is 0.750. The summed E-state index contributed by atoms with van der Waals surface area (Å²) >= 11 is 0. The highest BCUT2D eigenvalue weighted by Gasteiger charge is 2.70. The average Bonchev–Trinajstić information content (AvgIpc) is 2.87. The van der Waals surface area contributed by atoms with Gasteiger partial charge in [-0.3, -0.25) is 9.59 Å². The molecule has 0 spiro atoms. The third-order valence-corrected chi connectivity index (χ3v) is 12.6. The van der Waals surface area contributed by atoms with Crippen molar-refractivity contribution in [2.24, 2.45) is 49.9 Å². The number of hydrazone groups is 1. The van der Waals surface area contributed by atoms with Crippen LogP contribution in [0.1, 0.15) is 93.4 Å². The summed E-state index contributed by atoms with van der Waals surface area (Å²) in [6.45, 7) is 15.2. The van der Waals surface area contributed by atoms with Crippen LogP contribution < -0.4 is 10.6 Å². The highest BCUT2D eigenvalue weighted by atomic mass is 16.7. The Bertz CT molecular complexity index is 1350. The van der Waals surface area contributed by atoms with Gasteiger partial charge in [-0.25, -0.2) is 10.1 Å². The molecule has 3 fully saturated rings. The van der Waals surface area contributed by atoms with Crippen molar-refractivity contribution < 1.29 is 14.6 Å². The van der Waals surface area contributed by atoms with Crippen LogP contribution in [0, 0.1) is 66.3 Å². The smallest absolute Gasteiger partial charge is 0.268 e. The van der Waals surface area contributed by atoms with E-state index in [4.69, 9.17) is 0 Å². The number of nitro groups is 1. The van der Waals surface area contributed by atoms with Crippen molar-refractivity contribution in [3.63, 3.8) is 0 Å². The number of nitrogens with zero attached hydrogens (tertiary/aromatic N) is 3. The Morgan fingerprint density at radius 1 is 1.07 bits per heavy atom. The highest BCUT2D eigenvalue weighted by Crippen LogP contribution is 2.73. The molecule has 5 aliphatic rings. The SMILES string of the molecule is CN/C(=N\[N+](=O)[O-])N[C@]12CCC(C)(C)C[C@H]1[C@H]1C(=O)C=C3[C@@]4(C)C=C(C#N)C(=O)C(C)(C)[C@@H]4CC[C@@]3(C)[C@]1(C)CC2. The molecule has 0 unspecified atom stereocenters. The predicted molar refractivity (Wildman–Crippen MR) is 156 cm³/mol. The van der Waals surface area contributed by atoms with Gasteiger partial charge in [0.1, 0.15) is 11.2 Å². The van der Waals surface area contributed by atoms with E-state index in [1.54, 1.807) is 7.05 Å². The fourth-order valence-electron chi connectivity index (χ4n) is 10.3. The normalized spacial score (nSPS) is 42.7. The maximum absolute atomic E-state index is 14.6. The molecular formula is C32H45N5O4. The van der Waals surface area contributed by atoms with Crippen molar-refractivity contribution in [3.8, 4) is 6.07 Å². The topological polar surface area (TPSA) is 137 Å². The van der Waals surface area contributed by atoms with Gasteiger partial charge in [0.15, 0.2) is 16.6 Å². The van der Waals surface area contributed by atoms with E-state index < -0.39 is 21.4 Å². The molecule has 7 atom stereocenters. The molecule has 0 amide bonds. The van der Waals surface area contributed by atoms with Crippen molar-refractivity contribution >= 4 is 17.5 Å². The minimum absolute atomic E-state index is 0.00126. The summed E-state index contributed by atoms with van der Waals surface area (Å²) in [5.41, 5.74) is -1.11. The Labute approximate surface area is 243 Å². The van der Waals surface area contributed by atoms with E-state index in [0.717, 1.165) is 50.5 Å². The number of hydrogen-bond acceptors (Lipinski definition) is 5. The maximum atomic E-state index is 14.6. The lowest BCUT2D eigenvalue weighted by Crippen LogP contribution is -2.70. The molecule has 5 aliphatic carbocycles. The Morgan fingerprint density at radius 3 is 2.34 bits per heavy atom. The first-order valence-electron chi connectivity index (χ1n) is 15.0. The van der Waals surface area contributed by atoms with E-state index in [2.05, 4.69) is 56.4 Å². The molecule has 0 saturated heterocycles. The largest absolute Gasteiger partial charge is 0.354 e. The second kappa shape index (κ2) is 8.99. The minimum atomic E-state index is -0.698. The van der Waals surface area contributed by atoms with E-state index in [0.29, 0.717) is 0 Å². The second-order valence-electron chi connectivity index (χ2n) is 15.5. The lowest BCUT2D eigenvalue weighted by molar-refractivity contribution is -0.485. The fourth-order valence-corrected chi connectivity index (χ4v) is 10.3. The lowest BCUT2D eigenvalue weighted by atomic mass is 9.35. The first kappa shape index (κ1) is 29.5. The predicted octanol–water partition coefficient (Wildman–Crippen LogP) is 5.32. The number of rotatable bonds is 2. The third kappa shape index (κ3) is 3.95. The van der Waals surface area contributed by atoms with Crippen LogP contribution in [0.2, 0.25) is 0 Å². The van der Waals surface area contributed by atoms with Crippen LogP contribution in [-0.4, -0.2) is 35.1 Å². The van der Waals surface area contributed by atoms with Gasteiger partial charge in [0.05, 0.1) is 5.57 Å². The molecule has 0 bridgehead atoms. The minimum Gasteiger partial charge on any atom is -0.354 e. The summed E-state index contributed by atoms with van der Waals surface area (Å²) in [7, 11) is 1.63. The molecule has 0 radical (unpaired) electrons. The number of Topliss-reactive ketones (excluding diaryl/α,β-unsaturated/α-hetero) is 1. The van der Waals surface area contributed by atoms with Crippen LogP contribution in [0.3, 0.4) is 0 Å². The van der Waals surface area contributed by atoms with Gasteiger partial charge in [0, 0.05) is 29.3 Å². The molecule has 0 aromatic rings. The Morgan fingerprint density at radius 2 is 1.73 bits per heavy atom. The van der Waals surface area contributed by atoms with Crippen LogP contribution in [0.25, 0.3) is 0 Å². The van der Waals surface area contributed by atoms with Crippen LogP contribution in [0.4, 0.5) is 0 Å². The Kier molecular flexibility index (Phi) is 6.46. The van der Waals surface area contributed by atoms with Crippen molar-refractivity contribution in [2.75, 3.05) is 7.05 Å². The highest BCUT2D eigenvalue weighted by molar-refractivity contribution is 6.04. The van der Waals surface area contributed by atoms with E-state index in [1.165, 1.54) is 0 Å². The number of nitriles is 1. The molecule has 2 N–H and O–H groups in total. The number of allylic oxidation sites excluding steroid dienone is 4. The summed E-state index contributed by atoms with van der Waals surface area (Å²) in [5, 5.41) is 30.4. The zero-order valence-corrected chi connectivity index (χ0v) is 25.8. The second-order valence-corrected chi connectivity index (χ2v) is 15.5. The van der Waals surface area contributed by atoms with Gasteiger partial charge in [-0.1, -0.05) is 60.1 Å². The number of guanidine groups is 1. The molecule has 9 nitrogen and oxygen atoms in total. The van der Waals surface area contributed by atoms with Gasteiger partial charge < -0.3 is 10.6 Å². The summed E-state index contributed by atoms with van der Waals surface area (Å²) in [6, 6.07) is 2.17. The maximum Gasteiger partial charge on any atom is 0.268 e. The molecule has 0 aromatic carbocycles. The molecule has 5 rings (SSSR count). The number of carbonyl (C=O) groups excluding carboxylic acids is 2. The number of ketones is 2. The monoisotopic (exact) mass is 563 g/mol. The van der Waals surface area contributed by atoms with Crippen LogP contribution in [-0.2, 0) is 9.59 Å². The Hall–Kier alpha value is -3.02. The molecule has 0 aliphatic heterocycles. The first-order valence-corrected chi connectivity index (χ1v) is 15.0. The van der Waals surface area contributed by atoms with Gasteiger partial charge in [-0.15, -0.1) is 0 Å². The Balaban J connectivity index is 1.67. The number of carbonyl (C=O) groups is 2. The van der Waals surface area contributed by atoms with Gasteiger partial charge in [-0.05, 0) is 79.1 Å². The number of fused-ring (bicyclic) bond motifs is 7. The molecule has 0 aromatic heterocycles. The van der Waals surface area contributed by atoms with Crippen LogP contribution >= 0.6 is 0 Å². The van der Waals surface area contributed by atoms with Crippen LogP contribution in [0.15, 0.2) is 28.4 Å².